The lowest BCUT2D eigenvalue weighted by atomic mass is 9.92. The molecule has 0 aliphatic carbocycles. The normalized spacial score (nSPS) is 23.6. The maximum atomic E-state index is 4.65. The summed E-state index contributed by atoms with van der Waals surface area (Å²) in [5.74, 6) is 1.94. The van der Waals surface area contributed by atoms with E-state index in [0.29, 0.717) is 6.04 Å². The molecule has 1 aliphatic heterocycles. The third-order valence-corrected chi connectivity index (χ3v) is 4.26. The summed E-state index contributed by atoms with van der Waals surface area (Å²) in [5, 5.41) is 3.49. The first-order chi connectivity index (χ1) is 9.24. The van der Waals surface area contributed by atoms with Crippen molar-refractivity contribution in [2.75, 3.05) is 18.0 Å². The van der Waals surface area contributed by atoms with Crippen LogP contribution in [-0.4, -0.2) is 24.1 Å². The van der Waals surface area contributed by atoms with Crippen molar-refractivity contribution in [3.8, 4) is 0 Å². The third kappa shape index (κ3) is 3.47. The number of hydrogen-bond donors (Lipinski definition) is 1. The van der Waals surface area contributed by atoms with E-state index in [1.165, 1.54) is 30.6 Å². The van der Waals surface area contributed by atoms with Gasteiger partial charge in [0.05, 0.1) is 0 Å². The molecule has 2 unspecified atom stereocenters. The molecule has 0 spiro atoms. The lowest BCUT2D eigenvalue weighted by molar-refractivity contribution is 0.361. The molecule has 1 saturated heterocycles. The molecule has 1 aromatic rings. The lowest BCUT2D eigenvalue weighted by Gasteiger charge is -2.39. The predicted molar refractivity (Wildman–Crippen MR) is 81.4 cm³/mol. The van der Waals surface area contributed by atoms with Crippen molar-refractivity contribution in [3.63, 3.8) is 0 Å². The van der Waals surface area contributed by atoms with Crippen molar-refractivity contribution in [2.45, 2.75) is 52.6 Å². The highest BCUT2D eigenvalue weighted by Gasteiger charge is 2.26. The number of nitrogens with one attached hydrogen (secondary N) is 1. The van der Waals surface area contributed by atoms with E-state index in [4.69, 9.17) is 0 Å². The molecule has 0 aromatic carbocycles. The summed E-state index contributed by atoms with van der Waals surface area (Å²) in [5.41, 5.74) is 1.33. The molecule has 2 rings (SSSR count). The number of piperidine rings is 1. The molecule has 1 aliphatic rings. The van der Waals surface area contributed by atoms with E-state index in [1.54, 1.807) is 0 Å². The number of aromatic nitrogens is 1. The van der Waals surface area contributed by atoms with Crippen LogP contribution in [0.2, 0.25) is 0 Å². The van der Waals surface area contributed by atoms with Crippen LogP contribution in [0.5, 0.6) is 0 Å². The zero-order chi connectivity index (χ0) is 13.7. The standard InChI is InChI=1S/C16H27N3/c1-4-9-17-12-15-8-5-10-18-16(15)19-11-6-7-13(2)14(19)3/h5,8,10,13-14,17H,4,6-7,9,11-12H2,1-3H3. The highest BCUT2D eigenvalue weighted by atomic mass is 15.2. The topological polar surface area (TPSA) is 28.2 Å². The Kier molecular flexibility index (Phi) is 5.20. The van der Waals surface area contributed by atoms with Gasteiger partial charge in [-0.3, -0.25) is 0 Å². The highest BCUT2D eigenvalue weighted by Crippen LogP contribution is 2.29. The number of anilines is 1. The van der Waals surface area contributed by atoms with Crippen LogP contribution < -0.4 is 10.2 Å². The van der Waals surface area contributed by atoms with Gasteiger partial charge in [-0.2, -0.15) is 0 Å². The van der Waals surface area contributed by atoms with Crippen molar-refractivity contribution in [2.24, 2.45) is 5.92 Å². The minimum Gasteiger partial charge on any atom is -0.353 e. The molecule has 3 nitrogen and oxygen atoms in total. The molecule has 0 bridgehead atoms. The van der Waals surface area contributed by atoms with E-state index in [1.807, 2.05) is 12.3 Å². The van der Waals surface area contributed by atoms with Crippen LogP contribution in [0.25, 0.3) is 0 Å². The fourth-order valence-electron chi connectivity index (χ4n) is 2.86. The third-order valence-electron chi connectivity index (χ3n) is 4.26. The SMILES string of the molecule is CCCNCc1cccnc1N1CCCC(C)C1C. The van der Waals surface area contributed by atoms with Crippen molar-refractivity contribution in [1.82, 2.24) is 10.3 Å². The second-order valence-corrected chi connectivity index (χ2v) is 5.72. The smallest absolute Gasteiger partial charge is 0.133 e. The number of nitrogens with zero attached hydrogens (tertiary/aromatic N) is 2. The summed E-state index contributed by atoms with van der Waals surface area (Å²) in [6.07, 6.45) is 5.72. The number of rotatable bonds is 5. The highest BCUT2D eigenvalue weighted by molar-refractivity contribution is 5.48. The largest absolute Gasteiger partial charge is 0.353 e. The fourth-order valence-corrected chi connectivity index (χ4v) is 2.86. The quantitative estimate of drug-likeness (QED) is 0.825. The zero-order valence-corrected chi connectivity index (χ0v) is 12.5. The Hall–Kier alpha value is -1.09. The van der Waals surface area contributed by atoms with Gasteiger partial charge < -0.3 is 10.2 Å². The first kappa shape index (κ1) is 14.3. The molecule has 19 heavy (non-hydrogen) atoms. The summed E-state index contributed by atoms with van der Waals surface area (Å²) < 4.78 is 0. The van der Waals surface area contributed by atoms with Gasteiger partial charge in [0.2, 0.25) is 0 Å². The maximum absolute atomic E-state index is 4.65. The molecule has 2 heterocycles. The van der Waals surface area contributed by atoms with Crippen molar-refractivity contribution >= 4 is 5.82 Å². The first-order valence-corrected chi connectivity index (χ1v) is 7.65. The average Bonchev–Trinajstić information content (AvgIpc) is 2.43. The van der Waals surface area contributed by atoms with Gasteiger partial charge in [-0.25, -0.2) is 4.98 Å². The monoisotopic (exact) mass is 261 g/mol. The van der Waals surface area contributed by atoms with Crippen LogP contribution in [0.1, 0.15) is 45.6 Å². The maximum Gasteiger partial charge on any atom is 0.133 e. The Morgan fingerprint density at radius 2 is 2.26 bits per heavy atom. The summed E-state index contributed by atoms with van der Waals surface area (Å²) >= 11 is 0. The average molecular weight is 261 g/mol. The molecular weight excluding hydrogens is 234 g/mol. The Labute approximate surface area is 117 Å². The van der Waals surface area contributed by atoms with Crippen LogP contribution in [0, 0.1) is 5.92 Å². The van der Waals surface area contributed by atoms with E-state index in [0.717, 1.165) is 25.6 Å². The van der Waals surface area contributed by atoms with Crippen LogP contribution in [-0.2, 0) is 6.54 Å². The summed E-state index contributed by atoms with van der Waals surface area (Å²) in [6.45, 7) is 10.0. The van der Waals surface area contributed by atoms with Crippen LogP contribution in [0.4, 0.5) is 5.82 Å². The Morgan fingerprint density at radius 3 is 3.05 bits per heavy atom. The molecule has 0 amide bonds. The molecule has 1 aromatic heterocycles. The predicted octanol–water partition coefficient (Wildman–Crippen LogP) is 3.21. The lowest BCUT2D eigenvalue weighted by Crippen LogP contribution is -2.43. The molecule has 1 fully saturated rings. The van der Waals surface area contributed by atoms with Gasteiger partial charge in [-0.05, 0) is 44.7 Å². The van der Waals surface area contributed by atoms with Crippen molar-refractivity contribution in [3.05, 3.63) is 23.9 Å². The molecular formula is C16H27N3. The second kappa shape index (κ2) is 6.90. The van der Waals surface area contributed by atoms with Gasteiger partial charge in [0.25, 0.3) is 0 Å². The van der Waals surface area contributed by atoms with Gasteiger partial charge in [-0.1, -0.05) is 19.9 Å². The summed E-state index contributed by atoms with van der Waals surface area (Å²) in [4.78, 5) is 7.15. The van der Waals surface area contributed by atoms with Gasteiger partial charge in [-0.15, -0.1) is 0 Å². The second-order valence-electron chi connectivity index (χ2n) is 5.72. The minimum absolute atomic E-state index is 0.591. The zero-order valence-electron chi connectivity index (χ0n) is 12.5. The van der Waals surface area contributed by atoms with Gasteiger partial charge in [0, 0.05) is 30.9 Å². The van der Waals surface area contributed by atoms with Crippen molar-refractivity contribution < 1.29 is 0 Å². The minimum atomic E-state index is 0.591. The van der Waals surface area contributed by atoms with E-state index >= 15 is 0 Å². The summed E-state index contributed by atoms with van der Waals surface area (Å²) in [7, 11) is 0. The van der Waals surface area contributed by atoms with Crippen molar-refractivity contribution in [1.29, 1.82) is 0 Å². The number of hydrogen-bond acceptors (Lipinski definition) is 3. The van der Waals surface area contributed by atoms with E-state index < -0.39 is 0 Å². The van der Waals surface area contributed by atoms with Crippen LogP contribution >= 0.6 is 0 Å². The molecule has 2 atom stereocenters. The van der Waals surface area contributed by atoms with Crippen LogP contribution in [0.15, 0.2) is 18.3 Å². The number of pyridine rings is 1. The van der Waals surface area contributed by atoms with Gasteiger partial charge >= 0.3 is 0 Å². The van der Waals surface area contributed by atoms with Gasteiger partial charge in [0.1, 0.15) is 5.82 Å². The summed E-state index contributed by atoms with van der Waals surface area (Å²) in [6, 6.07) is 4.84. The Bertz CT molecular complexity index is 391. The van der Waals surface area contributed by atoms with E-state index in [2.05, 4.69) is 42.0 Å². The molecule has 1 N–H and O–H groups in total. The van der Waals surface area contributed by atoms with Gasteiger partial charge in [0.15, 0.2) is 0 Å². The molecule has 0 saturated carbocycles. The molecule has 3 heteroatoms. The van der Waals surface area contributed by atoms with E-state index in [9.17, 15) is 0 Å². The Morgan fingerprint density at radius 1 is 1.42 bits per heavy atom. The van der Waals surface area contributed by atoms with E-state index in [-0.39, 0.29) is 0 Å². The first-order valence-electron chi connectivity index (χ1n) is 7.65. The fraction of sp³-hybridized carbons (Fsp3) is 0.688. The Balaban J connectivity index is 2.13. The van der Waals surface area contributed by atoms with Crippen LogP contribution in [0.3, 0.4) is 0 Å². The molecule has 106 valence electrons. The molecule has 0 radical (unpaired) electrons.